The Labute approximate surface area is 121 Å². The number of nitrogens with two attached hydrogens (primary N) is 1. The molecule has 1 heterocycles. The lowest BCUT2D eigenvalue weighted by atomic mass is 9.74. The van der Waals surface area contributed by atoms with E-state index in [0.717, 1.165) is 12.8 Å². The molecule has 3 N–H and O–H groups in total. The molecule has 0 aromatic carbocycles. The summed E-state index contributed by atoms with van der Waals surface area (Å²) in [7, 11) is 1.69. The average molecular weight is 277 g/mol. The number of nitrogens with zero attached hydrogens (tertiary/aromatic N) is 1. The van der Waals surface area contributed by atoms with Crippen molar-refractivity contribution in [2.45, 2.75) is 53.1 Å². The molecule has 4 nitrogen and oxygen atoms in total. The van der Waals surface area contributed by atoms with Crippen molar-refractivity contribution in [1.29, 1.82) is 0 Å². The third-order valence-corrected chi connectivity index (χ3v) is 4.34. The van der Waals surface area contributed by atoms with E-state index in [1.54, 1.807) is 7.05 Å². The van der Waals surface area contributed by atoms with Crippen molar-refractivity contribution >= 4 is 5.91 Å². The SMILES string of the molecule is CNC(=O)C(C)(C)Cn1ccc2c1CC(C)(C)CC2N. The Balaban J connectivity index is 2.30. The highest BCUT2D eigenvalue weighted by molar-refractivity contribution is 5.81. The van der Waals surface area contributed by atoms with E-state index in [4.69, 9.17) is 5.73 Å². The van der Waals surface area contributed by atoms with Gasteiger partial charge in [0.05, 0.1) is 5.41 Å². The number of nitrogens with one attached hydrogen (secondary N) is 1. The highest BCUT2D eigenvalue weighted by Crippen LogP contribution is 2.40. The van der Waals surface area contributed by atoms with Crippen molar-refractivity contribution in [3.63, 3.8) is 0 Å². The van der Waals surface area contributed by atoms with Gasteiger partial charge in [-0.1, -0.05) is 13.8 Å². The standard InChI is InChI=1S/C16H27N3O/c1-15(2)8-12(17)11-6-7-19(13(11)9-15)10-16(3,4)14(20)18-5/h6-7,12H,8-10,17H2,1-5H3,(H,18,20). The van der Waals surface area contributed by atoms with Crippen molar-refractivity contribution in [3.05, 3.63) is 23.5 Å². The molecule has 0 bridgehead atoms. The number of carbonyl (C=O) groups excluding carboxylic acids is 1. The first-order valence-electron chi connectivity index (χ1n) is 7.32. The molecule has 4 heteroatoms. The molecule has 0 saturated carbocycles. The van der Waals surface area contributed by atoms with Gasteiger partial charge in [-0.15, -0.1) is 0 Å². The molecule has 0 saturated heterocycles. The normalized spacial score (nSPS) is 21.4. The summed E-state index contributed by atoms with van der Waals surface area (Å²) in [6, 6.07) is 2.23. The first-order chi connectivity index (χ1) is 9.16. The van der Waals surface area contributed by atoms with Gasteiger partial charge in [-0.2, -0.15) is 0 Å². The summed E-state index contributed by atoms with van der Waals surface area (Å²) in [6.07, 6.45) is 4.12. The van der Waals surface area contributed by atoms with E-state index < -0.39 is 5.41 Å². The van der Waals surface area contributed by atoms with Crippen LogP contribution < -0.4 is 11.1 Å². The molecule has 0 radical (unpaired) electrons. The fourth-order valence-corrected chi connectivity index (χ4v) is 3.28. The Morgan fingerprint density at radius 2 is 2.20 bits per heavy atom. The Hall–Kier alpha value is -1.29. The molecule has 1 amide bonds. The number of hydrogen-bond donors (Lipinski definition) is 2. The minimum atomic E-state index is -0.423. The van der Waals surface area contributed by atoms with Gasteiger partial charge in [0.25, 0.3) is 0 Å². The van der Waals surface area contributed by atoms with Crippen LogP contribution in [0, 0.1) is 10.8 Å². The van der Waals surface area contributed by atoms with Crippen LogP contribution in [0.1, 0.15) is 51.4 Å². The number of amides is 1. The van der Waals surface area contributed by atoms with E-state index >= 15 is 0 Å². The zero-order valence-corrected chi connectivity index (χ0v) is 13.3. The highest BCUT2D eigenvalue weighted by Gasteiger charge is 2.34. The molecular formula is C16H27N3O. The lowest BCUT2D eigenvalue weighted by molar-refractivity contribution is -0.129. The minimum absolute atomic E-state index is 0.0688. The van der Waals surface area contributed by atoms with Gasteiger partial charge < -0.3 is 15.6 Å². The van der Waals surface area contributed by atoms with Crippen LogP contribution in [-0.4, -0.2) is 17.5 Å². The lowest BCUT2D eigenvalue weighted by Crippen LogP contribution is -2.38. The van der Waals surface area contributed by atoms with Gasteiger partial charge >= 0.3 is 0 Å². The zero-order chi connectivity index (χ0) is 15.1. The maximum atomic E-state index is 12.0. The number of rotatable bonds is 3. The molecular weight excluding hydrogens is 250 g/mol. The monoisotopic (exact) mass is 277 g/mol. The molecule has 0 aliphatic heterocycles. The summed E-state index contributed by atoms with van der Waals surface area (Å²) in [4.78, 5) is 12.0. The van der Waals surface area contributed by atoms with Gasteiger partial charge in [-0.25, -0.2) is 0 Å². The van der Waals surface area contributed by atoms with E-state index in [1.165, 1.54) is 11.3 Å². The molecule has 1 aliphatic rings. The van der Waals surface area contributed by atoms with Crippen molar-refractivity contribution in [2.24, 2.45) is 16.6 Å². The highest BCUT2D eigenvalue weighted by atomic mass is 16.2. The minimum Gasteiger partial charge on any atom is -0.359 e. The average Bonchev–Trinajstić information content (AvgIpc) is 2.69. The Kier molecular flexibility index (Phi) is 3.71. The molecule has 1 unspecified atom stereocenters. The van der Waals surface area contributed by atoms with Crippen LogP contribution in [0.25, 0.3) is 0 Å². The Morgan fingerprint density at radius 3 is 2.80 bits per heavy atom. The quantitative estimate of drug-likeness (QED) is 0.890. The summed E-state index contributed by atoms with van der Waals surface area (Å²) >= 11 is 0. The molecule has 1 aromatic rings. The largest absolute Gasteiger partial charge is 0.359 e. The maximum absolute atomic E-state index is 12.0. The van der Waals surface area contributed by atoms with Gasteiger partial charge in [0, 0.05) is 31.5 Å². The second-order valence-corrected chi connectivity index (χ2v) is 7.46. The summed E-state index contributed by atoms with van der Waals surface area (Å²) in [6.45, 7) is 9.16. The van der Waals surface area contributed by atoms with E-state index in [0.29, 0.717) is 6.54 Å². The fourth-order valence-electron chi connectivity index (χ4n) is 3.28. The van der Waals surface area contributed by atoms with Crippen molar-refractivity contribution < 1.29 is 4.79 Å². The number of aromatic nitrogens is 1. The molecule has 2 rings (SSSR count). The Bertz CT molecular complexity index is 514. The molecule has 112 valence electrons. The number of fused-ring (bicyclic) bond motifs is 1. The summed E-state index contributed by atoms with van der Waals surface area (Å²) < 4.78 is 2.21. The van der Waals surface area contributed by atoms with E-state index in [9.17, 15) is 4.79 Å². The van der Waals surface area contributed by atoms with Crippen molar-refractivity contribution in [1.82, 2.24) is 9.88 Å². The molecule has 1 aromatic heterocycles. The third kappa shape index (κ3) is 2.75. The van der Waals surface area contributed by atoms with Crippen molar-refractivity contribution in [3.8, 4) is 0 Å². The fraction of sp³-hybridized carbons (Fsp3) is 0.688. The first-order valence-corrected chi connectivity index (χ1v) is 7.32. The second kappa shape index (κ2) is 4.92. The van der Waals surface area contributed by atoms with Crippen LogP contribution in [0.2, 0.25) is 0 Å². The van der Waals surface area contributed by atoms with Crippen LogP contribution >= 0.6 is 0 Å². The molecule has 20 heavy (non-hydrogen) atoms. The topological polar surface area (TPSA) is 60.0 Å². The van der Waals surface area contributed by atoms with Crippen LogP contribution in [0.3, 0.4) is 0 Å². The summed E-state index contributed by atoms with van der Waals surface area (Å²) in [5, 5.41) is 2.75. The smallest absolute Gasteiger partial charge is 0.227 e. The lowest BCUT2D eigenvalue weighted by Gasteiger charge is -2.35. The molecule has 0 fully saturated rings. The summed E-state index contributed by atoms with van der Waals surface area (Å²) in [5.41, 5.74) is 8.64. The van der Waals surface area contributed by atoms with Crippen LogP contribution in [-0.2, 0) is 17.8 Å². The van der Waals surface area contributed by atoms with Crippen LogP contribution in [0.4, 0.5) is 0 Å². The van der Waals surface area contributed by atoms with Crippen LogP contribution in [0.15, 0.2) is 12.3 Å². The van der Waals surface area contributed by atoms with Gasteiger partial charge in [-0.3, -0.25) is 4.79 Å². The molecule has 0 spiro atoms. The van der Waals surface area contributed by atoms with E-state index in [2.05, 4.69) is 36.0 Å². The van der Waals surface area contributed by atoms with E-state index in [-0.39, 0.29) is 17.4 Å². The Morgan fingerprint density at radius 1 is 1.55 bits per heavy atom. The number of hydrogen-bond acceptors (Lipinski definition) is 2. The van der Waals surface area contributed by atoms with Crippen molar-refractivity contribution in [2.75, 3.05) is 7.05 Å². The number of carbonyl (C=O) groups is 1. The third-order valence-electron chi connectivity index (χ3n) is 4.34. The first kappa shape index (κ1) is 15.1. The predicted octanol–water partition coefficient (Wildman–Crippen LogP) is 2.23. The predicted molar refractivity (Wildman–Crippen MR) is 81.3 cm³/mol. The second-order valence-electron chi connectivity index (χ2n) is 7.46. The van der Waals surface area contributed by atoms with Gasteiger partial charge in [0.2, 0.25) is 5.91 Å². The van der Waals surface area contributed by atoms with Gasteiger partial charge in [0.1, 0.15) is 0 Å². The van der Waals surface area contributed by atoms with Gasteiger partial charge in [0.15, 0.2) is 0 Å². The zero-order valence-electron chi connectivity index (χ0n) is 13.3. The maximum Gasteiger partial charge on any atom is 0.227 e. The van der Waals surface area contributed by atoms with Gasteiger partial charge in [-0.05, 0) is 43.7 Å². The van der Waals surface area contributed by atoms with Crippen LogP contribution in [0.5, 0.6) is 0 Å². The molecule has 1 atom stereocenters. The van der Waals surface area contributed by atoms with E-state index in [1.807, 2.05) is 13.8 Å². The summed E-state index contributed by atoms with van der Waals surface area (Å²) in [5.74, 6) is 0.0688. The molecule has 1 aliphatic carbocycles.